The average molecular weight is 339 g/mol. The molecule has 2 aromatic heterocycles. The van der Waals surface area contributed by atoms with Gasteiger partial charge < -0.3 is 10.4 Å². The van der Waals surface area contributed by atoms with Gasteiger partial charge in [-0.05, 0) is 18.2 Å². The lowest BCUT2D eigenvalue weighted by atomic mass is 10.1. The number of anilines is 2. The predicted octanol–water partition coefficient (Wildman–Crippen LogP) is 1.66. The molecule has 118 valence electrons. The van der Waals surface area contributed by atoms with Gasteiger partial charge in [0.2, 0.25) is 0 Å². The summed E-state index contributed by atoms with van der Waals surface area (Å²) in [6.07, 6.45) is 4.14. The number of thiol groups is 1. The standard InChI is InChI=1S/C14H9N7O2S/c15-6-8-1-2-9(5-11(8)21-17-3-4-18-21)19-12-10(13(22)23)7-16-14(24)20-12/h1-5,7H,(H,22,23)(H2,16,19,20,24). The van der Waals surface area contributed by atoms with Crippen LogP contribution in [0.4, 0.5) is 11.5 Å². The van der Waals surface area contributed by atoms with Gasteiger partial charge in [-0.15, -0.1) is 12.6 Å². The van der Waals surface area contributed by atoms with E-state index >= 15 is 0 Å². The zero-order valence-electron chi connectivity index (χ0n) is 12.0. The number of benzene rings is 1. The fourth-order valence-corrected chi connectivity index (χ4v) is 2.13. The molecule has 2 N–H and O–H groups in total. The van der Waals surface area contributed by atoms with Crippen LogP contribution in [-0.2, 0) is 0 Å². The van der Waals surface area contributed by atoms with Crippen molar-refractivity contribution in [1.82, 2.24) is 25.0 Å². The molecule has 0 saturated heterocycles. The monoisotopic (exact) mass is 339 g/mol. The molecule has 9 nitrogen and oxygen atoms in total. The molecular weight excluding hydrogens is 330 g/mol. The lowest BCUT2D eigenvalue weighted by Gasteiger charge is -2.10. The number of nitrogens with one attached hydrogen (secondary N) is 1. The number of aromatic carboxylic acids is 1. The number of nitrogens with zero attached hydrogens (tertiary/aromatic N) is 6. The van der Waals surface area contributed by atoms with E-state index in [0.717, 1.165) is 0 Å². The van der Waals surface area contributed by atoms with Gasteiger partial charge in [-0.2, -0.15) is 20.3 Å². The second-order valence-electron chi connectivity index (χ2n) is 4.52. The third kappa shape index (κ3) is 3.01. The van der Waals surface area contributed by atoms with E-state index in [4.69, 9.17) is 0 Å². The van der Waals surface area contributed by atoms with Crippen LogP contribution in [-0.4, -0.2) is 36.0 Å². The molecule has 2 heterocycles. The number of carbonyl (C=O) groups is 1. The van der Waals surface area contributed by atoms with E-state index in [9.17, 15) is 15.2 Å². The fourth-order valence-electron chi connectivity index (χ4n) is 1.97. The van der Waals surface area contributed by atoms with Gasteiger partial charge in [0, 0.05) is 11.9 Å². The summed E-state index contributed by atoms with van der Waals surface area (Å²) in [6.45, 7) is 0. The minimum absolute atomic E-state index is 0.0894. The maximum absolute atomic E-state index is 11.3. The van der Waals surface area contributed by atoms with Gasteiger partial charge in [-0.3, -0.25) is 0 Å². The highest BCUT2D eigenvalue weighted by atomic mass is 32.1. The Kier molecular flexibility index (Phi) is 4.09. The number of hydrogen-bond donors (Lipinski definition) is 3. The van der Waals surface area contributed by atoms with E-state index in [-0.39, 0.29) is 16.5 Å². The third-order valence-corrected chi connectivity index (χ3v) is 3.24. The lowest BCUT2D eigenvalue weighted by Crippen LogP contribution is -2.07. The molecule has 0 saturated carbocycles. The summed E-state index contributed by atoms with van der Waals surface area (Å²) in [5.41, 5.74) is 1.23. The van der Waals surface area contributed by atoms with E-state index in [0.29, 0.717) is 16.9 Å². The van der Waals surface area contributed by atoms with Gasteiger partial charge in [-0.25, -0.2) is 14.8 Å². The SMILES string of the molecule is N#Cc1ccc(Nc2nc(S)ncc2C(=O)O)cc1-n1nccn1. The molecule has 0 atom stereocenters. The maximum atomic E-state index is 11.3. The van der Waals surface area contributed by atoms with E-state index in [1.54, 1.807) is 18.2 Å². The quantitative estimate of drug-likeness (QED) is 0.483. The van der Waals surface area contributed by atoms with Gasteiger partial charge in [0.25, 0.3) is 0 Å². The summed E-state index contributed by atoms with van der Waals surface area (Å²) in [5, 5.41) is 29.4. The number of hydrogen-bond acceptors (Lipinski definition) is 8. The smallest absolute Gasteiger partial charge is 0.341 e. The highest BCUT2D eigenvalue weighted by Crippen LogP contribution is 2.23. The minimum Gasteiger partial charge on any atom is -0.477 e. The molecule has 0 aliphatic heterocycles. The molecule has 0 bridgehead atoms. The molecule has 3 aromatic rings. The molecule has 24 heavy (non-hydrogen) atoms. The van der Waals surface area contributed by atoms with Crippen molar-refractivity contribution in [2.75, 3.05) is 5.32 Å². The molecule has 0 unspecified atom stereocenters. The van der Waals surface area contributed by atoms with Gasteiger partial charge in [-0.1, -0.05) is 0 Å². The Hall–Kier alpha value is -3.45. The van der Waals surface area contributed by atoms with Gasteiger partial charge in [0.05, 0.1) is 18.0 Å². The summed E-state index contributed by atoms with van der Waals surface area (Å²) < 4.78 is 0. The van der Waals surface area contributed by atoms with Crippen molar-refractivity contribution in [3.8, 4) is 11.8 Å². The molecule has 0 aliphatic carbocycles. The van der Waals surface area contributed by atoms with Crippen molar-refractivity contribution in [2.24, 2.45) is 0 Å². The first kappa shape index (κ1) is 15.4. The summed E-state index contributed by atoms with van der Waals surface area (Å²) >= 11 is 4.01. The first-order chi connectivity index (χ1) is 11.6. The van der Waals surface area contributed by atoms with E-state index < -0.39 is 5.97 Å². The van der Waals surface area contributed by atoms with Gasteiger partial charge in [0.1, 0.15) is 23.1 Å². The van der Waals surface area contributed by atoms with Crippen molar-refractivity contribution < 1.29 is 9.90 Å². The summed E-state index contributed by atoms with van der Waals surface area (Å²) in [4.78, 5) is 20.3. The zero-order chi connectivity index (χ0) is 17.1. The van der Waals surface area contributed by atoms with E-state index in [1.807, 2.05) is 0 Å². The van der Waals surface area contributed by atoms with E-state index in [1.165, 1.54) is 23.4 Å². The van der Waals surface area contributed by atoms with Crippen LogP contribution < -0.4 is 5.32 Å². The van der Waals surface area contributed by atoms with Crippen molar-refractivity contribution in [3.63, 3.8) is 0 Å². The number of rotatable bonds is 4. The first-order valence-electron chi connectivity index (χ1n) is 6.55. The summed E-state index contributed by atoms with van der Waals surface area (Å²) in [5.74, 6) is -1.08. The predicted molar refractivity (Wildman–Crippen MR) is 85.6 cm³/mol. The molecule has 10 heteroatoms. The number of carboxylic acids is 1. The van der Waals surface area contributed by atoms with Crippen molar-refractivity contribution in [2.45, 2.75) is 5.16 Å². The van der Waals surface area contributed by atoms with Crippen LogP contribution in [0.25, 0.3) is 5.69 Å². The topological polar surface area (TPSA) is 130 Å². The molecule has 1 aromatic carbocycles. The highest BCUT2D eigenvalue weighted by molar-refractivity contribution is 7.80. The molecule has 0 spiro atoms. The maximum Gasteiger partial charge on any atom is 0.341 e. The second kappa shape index (κ2) is 6.35. The van der Waals surface area contributed by atoms with Crippen molar-refractivity contribution >= 4 is 30.1 Å². The Labute approximate surface area is 141 Å². The molecule has 3 rings (SSSR count). The van der Waals surface area contributed by atoms with Crippen molar-refractivity contribution in [1.29, 1.82) is 5.26 Å². The van der Waals surface area contributed by atoms with Crippen LogP contribution >= 0.6 is 12.6 Å². The van der Waals surface area contributed by atoms with Crippen LogP contribution in [0.5, 0.6) is 0 Å². The van der Waals surface area contributed by atoms with Crippen LogP contribution in [0.3, 0.4) is 0 Å². The Bertz CT molecular complexity index is 950. The van der Waals surface area contributed by atoms with Crippen LogP contribution in [0.1, 0.15) is 15.9 Å². The van der Waals surface area contributed by atoms with Gasteiger partial charge in [0.15, 0.2) is 5.16 Å². The highest BCUT2D eigenvalue weighted by Gasteiger charge is 2.14. The number of carboxylic acid groups (broad SMARTS) is 1. The largest absolute Gasteiger partial charge is 0.477 e. The Morgan fingerprint density at radius 1 is 1.33 bits per heavy atom. The van der Waals surface area contributed by atoms with Crippen LogP contribution in [0.15, 0.2) is 41.9 Å². The average Bonchev–Trinajstić information content (AvgIpc) is 3.09. The fraction of sp³-hybridized carbons (Fsp3) is 0. The minimum atomic E-state index is -1.17. The summed E-state index contributed by atoms with van der Waals surface area (Å²) in [6, 6.07) is 6.86. The Morgan fingerprint density at radius 3 is 2.75 bits per heavy atom. The molecule has 0 amide bonds. The van der Waals surface area contributed by atoms with E-state index in [2.05, 4.69) is 44.2 Å². The van der Waals surface area contributed by atoms with Crippen LogP contribution in [0, 0.1) is 11.3 Å². The lowest BCUT2D eigenvalue weighted by molar-refractivity contribution is 0.0697. The normalized spacial score (nSPS) is 10.2. The summed E-state index contributed by atoms with van der Waals surface area (Å²) in [7, 11) is 0. The van der Waals surface area contributed by atoms with Crippen molar-refractivity contribution in [3.05, 3.63) is 47.9 Å². The Morgan fingerprint density at radius 2 is 2.08 bits per heavy atom. The molecule has 0 fully saturated rings. The van der Waals surface area contributed by atoms with Crippen LogP contribution in [0.2, 0.25) is 0 Å². The number of aromatic nitrogens is 5. The number of nitriles is 1. The molecule has 0 aliphatic rings. The first-order valence-corrected chi connectivity index (χ1v) is 7.00. The third-order valence-electron chi connectivity index (χ3n) is 3.02. The Balaban J connectivity index is 2.03. The van der Waals surface area contributed by atoms with Gasteiger partial charge >= 0.3 is 5.97 Å². The second-order valence-corrected chi connectivity index (χ2v) is 4.92. The molecular formula is C14H9N7O2S. The zero-order valence-corrected chi connectivity index (χ0v) is 12.8. The molecule has 0 radical (unpaired) electrons.